The van der Waals surface area contributed by atoms with E-state index in [2.05, 4.69) is 333 Å². The Labute approximate surface area is 660 Å². The van der Waals surface area contributed by atoms with Crippen molar-refractivity contribution in [3.8, 4) is 0 Å². The van der Waals surface area contributed by atoms with Crippen LogP contribution in [0.2, 0.25) is 0 Å². The van der Waals surface area contributed by atoms with Gasteiger partial charge in [-0.2, -0.15) is 11.8 Å². The molecule has 0 aromatic carbocycles. The Balaban J connectivity index is -0.000000119. The summed E-state index contributed by atoms with van der Waals surface area (Å²) in [6.07, 6.45) is 18.5. The summed E-state index contributed by atoms with van der Waals surface area (Å²) >= 11 is 2.11. The highest BCUT2D eigenvalue weighted by atomic mass is 32.2. The molecule has 0 amide bonds. The number of ether oxygens (including phenoxy) is 1. The smallest absolute Gasteiger partial charge is 0.0468 e. The number of likely N-dealkylation sites (N-methyl/N-ethyl adjacent to an activating group) is 3. The molecule has 0 aliphatic heterocycles. The lowest BCUT2D eigenvalue weighted by Gasteiger charge is -2.35. The Morgan fingerprint density at radius 3 is 0.696 bits per heavy atom. The van der Waals surface area contributed by atoms with Gasteiger partial charge in [-0.1, -0.05) is 283 Å². The summed E-state index contributed by atoms with van der Waals surface area (Å²) in [5.74, 6) is 17.7. The Morgan fingerprint density at radius 2 is 0.490 bits per heavy atom. The molecule has 0 bridgehead atoms. The number of hydrogen-bond donors (Lipinski definition) is 0. The van der Waals surface area contributed by atoms with Crippen LogP contribution in [-0.4, -0.2) is 175 Å². The topological polar surface area (TPSA) is 28.7 Å². The summed E-state index contributed by atoms with van der Waals surface area (Å²) in [5, 5.41) is 0. The lowest BCUT2D eigenvalue weighted by atomic mass is 9.75. The predicted molar refractivity (Wildman–Crippen MR) is 485 cm³/mol. The molecular formula is C94H214N6OS. The maximum absolute atomic E-state index is 5.46. The van der Waals surface area contributed by atoms with Gasteiger partial charge < -0.3 is 34.1 Å². The third-order valence-corrected chi connectivity index (χ3v) is 19.3. The molecule has 0 aromatic heterocycles. The molecule has 0 aromatic rings. The predicted octanol–water partition coefficient (Wildman–Crippen LogP) is 28.1. The van der Waals surface area contributed by atoms with Crippen molar-refractivity contribution in [2.45, 2.75) is 360 Å². The summed E-state index contributed by atoms with van der Waals surface area (Å²) in [6, 6.07) is 0. The summed E-state index contributed by atoms with van der Waals surface area (Å²) in [6.45, 7) is 104. The first kappa shape index (κ1) is 123. The molecule has 8 heteroatoms. The van der Waals surface area contributed by atoms with E-state index in [1.54, 1.807) is 0 Å². The highest BCUT2D eigenvalue weighted by Gasteiger charge is 2.27. The number of thioether (sulfide) groups is 1. The molecule has 0 saturated heterocycles. The Morgan fingerprint density at radius 1 is 0.255 bits per heavy atom. The number of rotatable bonds is 48. The number of nitrogens with zero attached hydrogens (tertiary/aromatic N) is 6. The van der Waals surface area contributed by atoms with Gasteiger partial charge in [-0.05, 0) is 289 Å². The van der Waals surface area contributed by atoms with Crippen molar-refractivity contribution in [1.29, 1.82) is 0 Å². The van der Waals surface area contributed by atoms with Crippen LogP contribution < -0.4 is 0 Å². The largest absolute Gasteiger partial charge is 0.381 e. The van der Waals surface area contributed by atoms with E-state index in [4.69, 9.17) is 4.74 Å². The minimum atomic E-state index is 0.492. The average molecular weight is 1480 g/mol. The lowest BCUT2D eigenvalue weighted by molar-refractivity contribution is 0.114. The van der Waals surface area contributed by atoms with E-state index in [0.29, 0.717) is 5.41 Å². The highest BCUT2D eigenvalue weighted by molar-refractivity contribution is 7.99. The fourth-order valence-corrected chi connectivity index (χ4v) is 11.9. The van der Waals surface area contributed by atoms with Crippen LogP contribution in [-0.2, 0) is 4.74 Å². The van der Waals surface area contributed by atoms with E-state index in [1.165, 1.54) is 173 Å². The summed E-state index contributed by atoms with van der Waals surface area (Å²) < 4.78 is 5.46. The quantitative estimate of drug-likeness (QED) is 0.0557. The van der Waals surface area contributed by atoms with Crippen molar-refractivity contribution in [1.82, 2.24) is 29.4 Å². The average Bonchev–Trinajstić information content (AvgIpc) is 0.877. The normalized spacial score (nSPS) is 12.4. The molecule has 102 heavy (non-hydrogen) atoms. The zero-order chi connectivity index (χ0) is 82.3. The van der Waals surface area contributed by atoms with Gasteiger partial charge in [-0.15, -0.1) is 0 Å². The lowest BCUT2D eigenvalue weighted by Crippen LogP contribution is -2.34. The van der Waals surface area contributed by atoms with Gasteiger partial charge in [0.2, 0.25) is 0 Å². The molecular weight excluding hydrogens is 1260 g/mol. The first-order valence-electron chi connectivity index (χ1n) is 44.2. The highest BCUT2D eigenvalue weighted by Crippen LogP contribution is 2.34. The van der Waals surface area contributed by atoms with Crippen LogP contribution in [0.25, 0.3) is 0 Å². The standard InChI is InChI=1S/2C14H32N2.C13H29N.C11H25N.C10H22O.C10H22S.C10H22.C8H18.2C2H6/c1-13(2)7-9-15(5)11-12-16(6)10-8-14(3)4;1-13(2)7-9-16(10-8-14(3)4)12-11-15(5)6;1-11(2)8-13(5,9-12(3)4)10-14(6)7;1-10(2)6-8-12(5)9-7-11(3)4;2*1-9(2)5-7-11-8-6-10(3)4;1-7(2)9(5)10(6)8(3)4;1-7(2)5-6-8(3)4;2*1-2/h2*13-14H,7-12H2,1-6H3;11-12H,8-10H2,1-7H3;10-11H,6-9H2,1-5H3;2*9-10H,5-8H2,1-4H3;7-10H,1-6H3;7-8H,5-6H2,1-4H3;2*1-2H3. The molecule has 0 N–H and O–H groups in total. The zero-order valence-corrected chi connectivity index (χ0v) is 81.7. The first-order valence-corrected chi connectivity index (χ1v) is 45.3. The van der Waals surface area contributed by atoms with E-state index in [1.807, 2.05) is 27.7 Å². The van der Waals surface area contributed by atoms with Crippen LogP contribution in [0, 0.1) is 112 Å². The Hall–Kier alpha value is 0.0700. The van der Waals surface area contributed by atoms with Crippen LogP contribution in [0.1, 0.15) is 360 Å². The molecule has 0 rings (SSSR count). The van der Waals surface area contributed by atoms with Crippen LogP contribution >= 0.6 is 11.8 Å². The molecule has 2 unspecified atom stereocenters. The van der Waals surface area contributed by atoms with Gasteiger partial charge in [0.25, 0.3) is 0 Å². The molecule has 0 aliphatic rings. The van der Waals surface area contributed by atoms with Gasteiger partial charge >= 0.3 is 0 Å². The van der Waals surface area contributed by atoms with E-state index in [9.17, 15) is 0 Å². The second-order valence-corrected chi connectivity index (χ2v) is 39.6. The minimum absolute atomic E-state index is 0.492. The molecule has 0 heterocycles. The van der Waals surface area contributed by atoms with E-state index in [-0.39, 0.29) is 0 Å². The summed E-state index contributed by atoms with van der Waals surface area (Å²) in [4.78, 5) is 14.6. The maximum Gasteiger partial charge on any atom is 0.0468 e. The third-order valence-electron chi connectivity index (χ3n) is 18.2. The second-order valence-electron chi connectivity index (χ2n) is 38.4. The Kier molecular flexibility index (Phi) is 103. The van der Waals surface area contributed by atoms with Crippen LogP contribution in [0.5, 0.6) is 0 Å². The van der Waals surface area contributed by atoms with Crippen molar-refractivity contribution in [2.75, 3.05) is 146 Å². The molecule has 0 radical (unpaired) electrons. The van der Waals surface area contributed by atoms with Crippen LogP contribution in [0.15, 0.2) is 0 Å². The first-order chi connectivity index (χ1) is 46.9. The number of hydrogen-bond acceptors (Lipinski definition) is 8. The van der Waals surface area contributed by atoms with Gasteiger partial charge in [0.15, 0.2) is 0 Å². The van der Waals surface area contributed by atoms with E-state index >= 15 is 0 Å². The van der Waals surface area contributed by atoms with Crippen LogP contribution in [0.4, 0.5) is 0 Å². The maximum atomic E-state index is 5.46. The van der Waals surface area contributed by atoms with Gasteiger partial charge in [0.1, 0.15) is 0 Å². The van der Waals surface area contributed by atoms with Crippen molar-refractivity contribution in [3.05, 3.63) is 0 Å². The second kappa shape index (κ2) is 85.1. The molecule has 0 spiro atoms. The molecule has 0 aliphatic carbocycles. The fraction of sp³-hybridized carbons (Fsp3) is 1.00. The van der Waals surface area contributed by atoms with Crippen molar-refractivity contribution >= 4 is 11.8 Å². The van der Waals surface area contributed by atoms with Crippen molar-refractivity contribution < 1.29 is 4.74 Å². The van der Waals surface area contributed by atoms with E-state index < -0.39 is 0 Å². The zero-order valence-electron chi connectivity index (χ0n) is 80.9. The van der Waals surface area contributed by atoms with Crippen LogP contribution in [0.3, 0.4) is 0 Å². The third kappa shape index (κ3) is 127. The fourth-order valence-electron chi connectivity index (χ4n) is 10.5. The van der Waals surface area contributed by atoms with Gasteiger partial charge in [0.05, 0.1) is 0 Å². The summed E-state index contributed by atoms with van der Waals surface area (Å²) in [5.41, 5.74) is 0.492. The molecule has 0 saturated carbocycles. The monoisotopic (exact) mass is 1480 g/mol. The molecule has 2 atom stereocenters. The van der Waals surface area contributed by atoms with Crippen molar-refractivity contribution in [2.24, 2.45) is 112 Å². The summed E-state index contributed by atoms with van der Waals surface area (Å²) in [7, 11) is 15.4. The van der Waals surface area contributed by atoms with Gasteiger partial charge in [-0.3, -0.25) is 0 Å². The van der Waals surface area contributed by atoms with E-state index in [0.717, 1.165) is 120 Å². The Bertz CT molecular complexity index is 1340. The molecule has 632 valence electrons. The van der Waals surface area contributed by atoms with Gasteiger partial charge in [-0.25, -0.2) is 0 Å². The SMILES string of the molecule is CC.CC.CC(C)C(C)C(C)C(C)C.CC(C)CC(C)(CC(C)C)CN(C)C.CC(C)CCC(C)C.CC(C)CCN(C)CCC(C)C.CC(C)CCN(C)CCN(C)CCC(C)C.CC(C)CCN(CCC(C)C)CCN(C)C.CC(C)CCOCCC(C)C.CC(C)CCSCCC(C)C. The molecule has 0 fully saturated rings. The minimum Gasteiger partial charge on any atom is -0.381 e. The van der Waals surface area contributed by atoms with Crippen molar-refractivity contribution in [3.63, 3.8) is 0 Å². The molecule has 7 nitrogen and oxygen atoms in total. The van der Waals surface area contributed by atoms with Gasteiger partial charge in [0, 0.05) is 45.9 Å².